The molecule has 0 atom stereocenters. The summed E-state index contributed by atoms with van der Waals surface area (Å²) in [5.41, 5.74) is 14.8. The Morgan fingerprint density at radius 1 is 0.390 bits per heavy atom. The summed E-state index contributed by atoms with van der Waals surface area (Å²) in [6.07, 6.45) is 0. The molecule has 2 aromatic heterocycles. The average Bonchev–Trinajstić information content (AvgIpc) is 3.93. The van der Waals surface area contributed by atoms with Crippen LogP contribution in [0.1, 0.15) is 25.0 Å². The first kappa shape index (κ1) is 33.0. The summed E-state index contributed by atoms with van der Waals surface area (Å²) in [5.74, 6) is 0. The Labute approximate surface area is 345 Å². The molecule has 0 saturated carbocycles. The Bertz CT molecular complexity index is 3690. The summed E-state index contributed by atoms with van der Waals surface area (Å²) in [4.78, 5) is 0. The Morgan fingerprint density at radius 3 is 1.69 bits per heavy atom. The van der Waals surface area contributed by atoms with Crippen LogP contribution < -0.4 is 0 Å². The first-order chi connectivity index (χ1) is 29.0. The van der Waals surface area contributed by atoms with Crippen LogP contribution >= 0.6 is 11.3 Å². The van der Waals surface area contributed by atoms with Crippen molar-refractivity contribution in [1.29, 1.82) is 0 Å². The van der Waals surface area contributed by atoms with Crippen LogP contribution in [0.3, 0.4) is 0 Å². The number of hydrogen-bond donors (Lipinski definition) is 0. The molecular formula is C57H36OS. The molecule has 0 N–H and O–H groups in total. The van der Waals surface area contributed by atoms with Crippen molar-refractivity contribution in [2.24, 2.45) is 0 Å². The number of hydrogen-bond acceptors (Lipinski definition) is 2. The lowest BCUT2D eigenvalue weighted by Gasteiger charge is -2.25. The topological polar surface area (TPSA) is 13.1 Å². The summed E-state index contributed by atoms with van der Waals surface area (Å²) >= 11 is 1.87. The van der Waals surface area contributed by atoms with Crippen molar-refractivity contribution >= 4 is 85.8 Å². The number of fused-ring (bicyclic) bond motifs is 14. The van der Waals surface area contributed by atoms with E-state index < -0.39 is 0 Å². The quantitative estimate of drug-likeness (QED) is 0.163. The van der Waals surface area contributed by atoms with Gasteiger partial charge in [-0.25, -0.2) is 0 Å². The molecule has 0 saturated heterocycles. The number of thiophene rings is 1. The van der Waals surface area contributed by atoms with Gasteiger partial charge >= 0.3 is 0 Å². The molecule has 2 heteroatoms. The van der Waals surface area contributed by atoms with Crippen LogP contribution in [0, 0.1) is 0 Å². The molecule has 0 fully saturated rings. The van der Waals surface area contributed by atoms with Crippen LogP contribution in [-0.2, 0) is 5.41 Å². The van der Waals surface area contributed by atoms with Gasteiger partial charge in [0, 0.05) is 36.4 Å². The highest BCUT2D eigenvalue weighted by Gasteiger charge is 2.38. The van der Waals surface area contributed by atoms with Gasteiger partial charge < -0.3 is 4.42 Å². The van der Waals surface area contributed by atoms with E-state index in [4.69, 9.17) is 4.42 Å². The maximum absolute atomic E-state index is 6.64. The molecule has 1 aliphatic rings. The summed E-state index contributed by atoms with van der Waals surface area (Å²) in [6.45, 7) is 4.83. The summed E-state index contributed by atoms with van der Waals surface area (Å²) < 4.78 is 9.18. The van der Waals surface area contributed by atoms with Gasteiger partial charge in [-0.05, 0) is 118 Å². The summed E-state index contributed by atoms with van der Waals surface area (Å²) in [6, 6.07) is 67.4. The van der Waals surface area contributed by atoms with E-state index in [0.717, 1.165) is 11.2 Å². The van der Waals surface area contributed by atoms with E-state index >= 15 is 0 Å². The van der Waals surface area contributed by atoms with E-state index in [9.17, 15) is 0 Å². The van der Waals surface area contributed by atoms with Gasteiger partial charge in [-0.15, -0.1) is 11.3 Å². The SMILES string of the molecule is CC1(C)c2ccc(-c3c4ccccc4c(-c4ccccc4)c4ccccc34)cc2-c2cccc(-c3cc4sc5ccc6c7ccccc7oc6c5c4c4ccccc34)c21. The number of rotatable bonds is 3. The molecule has 59 heavy (non-hydrogen) atoms. The van der Waals surface area contributed by atoms with Crippen LogP contribution in [0.5, 0.6) is 0 Å². The normalized spacial score (nSPS) is 13.4. The van der Waals surface area contributed by atoms with E-state index in [1.807, 2.05) is 11.3 Å². The van der Waals surface area contributed by atoms with Crippen molar-refractivity contribution in [3.05, 3.63) is 193 Å². The second-order valence-electron chi connectivity index (χ2n) is 16.7. The molecule has 13 rings (SSSR count). The highest BCUT2D eigenvalue weighted by molar-refractivity contribution is 7.26. The second kappa shape index (κ2) is 12.0. The summed E-state index contributed by atoms with van der Waals surface area (Å²) in [5, 5.41) is 12.5. The fourth-order valence-corrected chi connectivity index (χ4v) is 11.9. The third kappa shape index (κ3) is 4.50. The predicted molar refractivity (Wildman–Crippen MR) is 253 cm³/mol. The molecule has 276 valence electrons. The van der Waals surface area contributed by atoms with Gasteiger partial charge in [-0.1, -0.05) is 166 Å². The molecule has 0 spiro atoms. The van der Waals surface area contributed by atoms with Gasteiger partial charge in [0.05, 0.1) is 0 Å². The molecule has 2 heterocycles. The van der Waals surface area contributed by atoms with Crippen LogP contribution in [0.15, 0.2) is 186 Å². The third-order valence-corrected chi connectivity index (χ3v) is 14.3. The van der Waals surface area contributed by atoms with Crippen LogP contribution in [0.4, 0.5) is 0 Å². The molecule has 1 aliphatic carbocycles. The lowest BCUT2D eigenvalue weighted by molar-refractivity contribution is 0.662. The van der Waals surface area contributed by atoms with Crippen molar-refractivity contribution in [2.45, 2.75) is 19.3 Å². The maximum atomic E-state index is 6.64. The number of furan rings is 1. The van der Waals surface area contributed by atoms with E-state index in [1.54, 1.807) is 0 Å². The van der Waals surface area contributed by atoms with E-state index in [1.165, 1.54) is 119 Å². The second-order valence-corrected chi connectivity index (χ2v) is 17.8. The molecule has 0 radical (unpaired) electrons. The maximum Gasteiger partial charge on any atom is 0.144 e. The predicted octanol–water partition coefficient (Wildman–Crippen LogP) is 16.7. The minimum absolute atomic E-state index is 0.211. The lowest BCUT2D eigenvalue weighted by Crippen LogP contribution is -2.16. The number of para-hydroxylation sites is 1. The minimum atomic E-state index is -0.211. The largest absolute Gasteiger partial charge is 0.455 e. The molecule has 0 bridgehead atoms. The fraction of sp³-hybridized carbons (Fsp3) is 0.0526. The molecule has 0 amide bonds. The van der Waals surface area contributed by atoms with Crippen LogP contribution in [0.25, 0.3) is 119 Å². The zero-order valence-electron chi connectivity index (χ0n) is 32.6. The zero-order valence-corrected chi connectivity index (χ0v) is 33.5. The van der Waals surface area contributed by atoms with Gasteiger partial charge in [-0.3, -0.25) is 0 Å². The van der Waals surface area contributed by atoms with Gasteiger partial charge in [-0.2, -0.15) is 0 Å². The fourth-order valence-electron chi connectivity index (χ4n) is 10.8. The molecule has 12 aromatic rings. The van der Waals surface area contributed by atoms with E-state index in [0.29, 0.717) is 0 Å². The standard InChI is InChI=1S/C57H36OS/c1-57(2)47-29-27-34(52-40-22-10-8-20-38(40)51(33-15-4-3-5-16-33)39-21-9-11-23-41(39)52)31-46(47)43-25-14-24-42(55(43)57)45-32-50-53(37-19-7-6-17-35(37)45)54-49(59-50)30-28-44-36-18-12-13-26-48(36)58-56(44)54/h3-32H,1-2H3. The van der Waals surface area contributed by atoms with Crippen molar-refractivity contribution in [3.63, 3.8) is 0 Å². The molecular weight excluding hydrogens is 733 g/mol. The summed E-state index contributed by atoms with van der Waals surface area (Å²) in [7, 11) is 0. The van der Waals surface area contributed by atoms with Crippen molar-refractivity contribution in [2.75, 3.05) is 0 Å². The monoisotopic (exact) mass is 768 g/mol. The smallest absolute Gasteiger partial charge is 0.144 e. The first-order valence-corrected chi connectivity index (χ1v) is 21.3. The third-order valence-electron chi connectivity index (χ3n) is 13.2. The van der Waals surface area contributed by atoms with E-state index in [2.05, 4.69) is 196 Å². The van der Waals surface area contributed by atoms with E-state index in [-0.39, 0.29) is 5.41 Å². The highest BCUT2D eigenvalue weighted by Crippen LogP contribution is 2.55. The molecule has 0 unspecified atom stereocenters. The average molecular weight is 769 g/mol. The van der Waals surface area contributed by atoms with Gasteiger partial charge in [0.15, 0.2) is 0 Å². The Hall–Kier alpha value is -7.00. The molecule has 10 aromatic carbocycles. The Kier molecular flexibility index (Phi) is 6.73. The van der Waals surface area contributed by atoms with Gasteiger partial charge in [0.2, 0.25) is 0 Å². The minimum Gasteiger partial charge on any atom is -0.455 e. The Morgan fingerprint density at radius 2 is 0.983 bits per heavy atom. The van der Waals surface area contributed by atoms with Crippen molar-refractivity contribution < 1.29 is 4.42 Å². The first-order valence-electron chi connectivity index (χ1n) is 20.5. The lowest BCUT2D eigenvalue weighted by atomic mass is 9.78. The zero-order chi connectivity index (χ0) is 39.0. The van der Waals surface area contributed by atoms with Crippen molar-refractivity contribution in [1.82, 2.24) is 0 Å². The highest BCUT2D eigenvalue weighted by atomic mass is 32.1. The van der Waals surface area contributed by atoms with Gasteiger partial charge in [0.25, 0.3) is 0 Å². The van der Waals surface area contributed by atoms with Crippen molar-refractivity contribution in [3.8, 4) is 44.5 Å². The molecule has 1 nitrogen and oxygen atoms in total. The van der Waals surface area contributed by atoms with Gasteiger partial charge in [0.1, 0.15) is 11.2 Å². The van der Waals surface area contributed by atoms with Crippen LogP contribution in [-0.4, -0.2) is 0 Å². The van der Waals surface area contributed by atoms with Crippen LogP contribution in [0.2, 0.25) is 0 Å². The Balaban J connectivity index is 1.04. The number of benzene rings is 10. The molecule has 0 aliphatic heterocycles.